The van der Waals surface area contributed by atoms with E-state index in [1.807, 2.05) is 0 Å². The summed E-state index contributed by atoms with van der Waals surface area (Å²) in [6.45, 7) is 0. The molecule has 0 fully saturated rings. The van der Waals surface area contributed by atoms with Crippen LogP contribution in [0.5, 0.6) is 0 Å². The highest BCUT2D eigenvalue weighted by Crippen LogP contribution is 2.30. The Morgan fingerprint density at radius 2 is 2.21 bits per heavy atom. The van der Waals surface area contributed by atoms with Gasteiger partial charge in [0, 0.05) is 18.0 Å². The Morgan fingerprint density at radius 1 is 1.32 bits per heavy atom. The Bertz CT molecular complexity index is 791. The molecule has 3 aromatic rings. The lowest BCUT2D eigenvalue weighted by Gasteiger charge is -1.97. The van der Waals surface area contributed by atoms with Crippen LogP contribution in [0.25, 0.3) is 11.1 Å². The van der Waals surface area contributed by atoms with Gasteiger partial charge in [0.1, 0.15) is 16.6 Å². The van der Waals surface area contributed by atoms with Gasteiger partial charge in [0.25, 0.3) is 5.22 Å². The van der Waals surface area contributed by atoms with Gasteiger partial charge in [-0.25, -0.2) is 9.97 Å². The highest BCUT2D eigenvalue weighted by atomic mass is 32.2. The summed E-state index contributed by atoms with van der Waals surface area (Å²) in [6.07, 6.45) is 1.63. The number of pyridine rings is 1. The third-order valence-corrected chi connectivity index (χ3v) is 3.34. The van der Waals surface area contributed by atoms with Crippen molar-refractivity contribution in [1.82, 2.24) is 9.97 Å². The molecule has 0 bridgehead atoms. The van der Waals surface area contributed by atoms with Crippen molar-refractivity contribution in [2.75, 3.05) is 5.73 Å². The Balaban J connectivity index is 1.99. The molecule has 0 saturated carbocycles. The molecule has 2 heterocycles. The van der Waals surface area contributed by atoms with Gasteiger partial charge in [-0.15, -0.1) is 0 Å². The van der Waals surface area contributed by atoms with Gasteiger partial charge in [0.05, 0.1) is 5.56 Å². The molecule has 3 rings (SSSR count). The van der Waals surface area contributed by atoms with E-state index in [1.54, 1.807) is 36.5 Å². The molecule has 0 unspecified atom stereocenters. The molecule has 5 nitrogen and oxygen atoms in total. The number of fused-ring (bicyclic) bond motifs is 1. The molecule has 1 aromatic carbocycles. The third kappa shape index (κ3) is 2.23. The summed E-state index contributed by atoms with van der Waals surface area (Å²) in [5, 5.41) is 10.0. The van der Waals surface area contributed by atoms with E-state index in [0.717, 1.165) is 5.52 Å². The van der Waals surface area contributed by atoms with E-state index in [9.17, 15) is 0 Å². The number of nitrogens with zero attached hydrogens (tertiary/aromatic N) is 3. The van der Waals surface area contributed by atoms with Crippen molar-refractivity contribution < 1.29 is 4.42 Å². The maximum atomic E-state index is 9.00. The zero-order chi connectivity index (χ0) is 13.2. The molecular weight excluding hydrogens is 260 g/mol. The molecular formula is C13H8N4OS. The summed E-state index contributed by atoms with van der Waals surface area (Å²) in [6, 6.07) is 10.8. The number of hydrogen-bond acceptors (Lipinski definition) is 6. The van der Waals surface area contributed by atoms with Gasteiger partial charge in [-0.1, -0.05) is 0 Å². The SMILES string of the molecule is N#Cc1cccnc1Sc1nc2ccc(N)cc2o1. The summed E-state index contributed by atoms with van der Waals surface area (Å²) in [7, 11) is 0. The minimum absolute atomic E-state index is 0.441. The molecule has 0 saturated heterocycles. The van der Waals surface area contributed by atoms with E-state index in [0.29, 0.717) is 27.1 Å². The molecule has 2 aromatic heterocycles. The first-order valence-corrected chi connectivity index (χ1v) is 6.27. The first-order valence-electron chi connectivity index (χ1n) is 5.45. The van der Waals surface area contributed by atoms with E-state index in [2.05, 4.69) is 16.0 Å². The third-order valence-electron chi connectivity index (χ3n) is 2.47. The van der Waals surface area contributed by atoms with E-state index in [4.69, 9.17) is 15.4 Å². The number of aromatic nitrogens is 2. The zero-order valence-electron chi connectivity index (χ0n) is 9.70. The molecule has 0 aliphatic rings. The van der Waals surface area contributed by atoms with Gasteiger partial charge in [-0.05, 0) is 36.0 Å². The molecule has 6 heteroatoms. The largest absolute Gasteiger partial charge is 0.431 e. The molecule has 0 radical (unpaired) electrons. The van der Waals surface area contributed by atoms with Gasteiger partial charge in [-0.3, -0.25) is 0 Å². The van der Waals surface area contributed by atoms with Crippen LogP contribution in [0.3, 0.4) is 0 Å². The summed E-state index contributed by atoms with van der Waals surface area (Å²) < 4.78 is 5.57. The van der Waals surface area contributed by atoms with E-state index >= 15 is 0 Å². The average molecular weight is 268 g/mol. The second-order valence-corrected chi connectivity index (χ2v) is 4.72. The standard InChI is InChI=1S/C13H8N4OS/c14-7-8-2-1-5-16-12(8)19-13-17-10-4-3-9(15)6-11(10)18-13/h1-6H,15H2. The van der Waals surface area contributed by atoms with Crippen molar-refractivity contribution >= 4 is 28.5 Å². The first kappa shape index (κ1) is 11.6. The molecule has 0 amide bonds. The number of nitriles is 1. The van der Waals surface area contributed by atoms with Crippen molar-refractivity contribution in [2.24, 2.45) is 0 Å². The molecule has 19 heavy (non-hydrogen) atoms. The summed E-state index contributed by atoms with van der Waals surface area (Å²) in [5.74, 6) is 0. The van der Waals surface area contributed by atoms with Crippen LogP contribution in [0.4, 0.5) is 5.69 Å². The lowest BCUT2D eigenvalue weighted by atomic mass is 10.3. The normalized spacial score (nSPS) is 10.5. The monoisotopic (exact) mass is 268 g/mol. The molecule has 0 aliphatic carbocycles. The van der Waals surface area contributed by atoms with Crippen molar-refractivity contribution in [2.45, 2.75) is 10.2 Å². The highest BCUT2D eigenvalue weighted by molar-refractivity contribution is 7.99. The number of anilines is 1. The Hall–Kier alpha value is -2.52. The number of benzene rings is 1. The maximum absolute atomic E-state index is 9.00. The van der Waals surface area contributed by atoms with Crippen molar-refractivity contribution in [3.05, 3.63) is 42.1 Å². The minimum Gasteiger partial charge on any atom is -0.431 e. The summed E-state index contributed by atoms with van der Waals surface area (Å²) in [4.78, 5) is 8.46. The topological polar surface area (TPSA) is 88.7 Å². The molecule has 0 atom stereocenters. The number of hydrogen-bond donors (Lipinski definition) is 1. The zero-order valence-corrected chi connectivity index (χ0v) is 10.5. The van der Waals surface area contributed by atoms with Crippen LogP contribution in [-0.4, -0.2) is 9.97 Å². The predicted octanol–water partition coefficient (Wildman–Crippen LogP) is 2.83. The number of oxazole rings is 1. The van der Waals surface area contributed by atoms with Crippen molar-refractivity contribution in [1.29, 1.82) is 5.26 Å². The fraction of sp³-hybridized carbons (Fsp3) is 0. The fourth-order valence-electron chi connectivity index (χ4n) is 1.60. The minimum atomic E-state index is 0.441. The maximum Gasteiger partial charge on any atom is 0.263 e. The highest BCUT2D eigenvalue weighted by Gasteiger charge is 2.11. The Kier molecular flexibility index (Phi) is 2.82. The van der Waals surface area contributed by atoms with Crippen LogP contribution in [0.2, 0.25) is 0 Å². The smallest absolute Gasteiger partial charge is 0.263 e. The number of rotatable bonds is 2. The second kappa shape index (κ2) is 4.63. The van der Waals surface area contributed by atoms with Gasteiger partial charge < -0.3 is 10.2 Å². The predicted molar refractivity (Wildman–Crippen MR) is 71.5 cm³/mol. The average Bonchev–Trinajstić information content (AvgIpc) is 2.80. The quantitative estimate of drug-likeness (QED) is 0.719. The summed E-state index contributed by atoms with van der Waals surface area (Å²) >= 11 is 1.22. The van der Waals surface area contributed by atoms with Crippen molar-refractivity contribution in [3.63, 3.8) is 0 Å². The van der Waals surface area contributed by atoms with E-state index < -0.39 is 0 Å². The second-order valence-electron chi connectivity index (χ2n) is 3.78. The molecule has 2 N–H and O–H groups in total. The fourth-order valence-corrected chi connectivity index (χ4v) is 2.38. The van der Waals surface area contributed by atoms with Gasteiger partial charge in [0.2, 0.25) is 0 Å². The molecule has 92 valence electrons. The van der Waals surface area contributed by atoms with Crippen LogP contribution in [-0.2, 0) is 0 Å². The van der Waals surface area contributed by atoms with Crippen LogP contribution >= 0.6 is 11.8 Å². The Morgan fingerprint density at radius 3 is 3.05 bits per heavy atom. The van der Waals surface area contributed by atoms with E-state index in [1.165, 1.54) is 11.8 Å². The lowest BCUT2D eigenvalue weighted by Crippen LogP contribution is -1.84. The molecule has 0 spiro atoms. The van der Waals surface area contributed by atoms with Crippen LogP contribution in [0.15, 0.2) is 51.2 Å². The van der Waals surface area contributed by atoms with Gasteiger partial charge in [-0.2, -0.15) is 5.26 Å². The first-order chi connectivity index (χ1) is 9.26. The number of nitrogen functional groups attached to an aromatic ring is 1. The lowest BCUT2D eigenvalue weighted by molar-refractivity contribution is 0.489. The number of nitrogens with two attached hydrogens (primary N) is 1. The van der Waals surface area contributed by atoms with E-state index in [-0.39, 0.29) is 0 Å². The Labute approximate surface area is 113 Å². The van der Waals surface area contributed by atoms with Crippen molar-refractivity contribution in [3.8, 4) is 6.07 Å². The van der Waals surface area contributed by atoms with Crippen LogP contribution < -0.4 is 5.73 Å². The van der Waals surface area contributed by atoms with Crippen LogP contribution in [0, 0.1) is 11.3 Å². The molecule has 0 aliphatic heterocycles. The van der Waals surface area contributed by atoms with Crippen LogP contribution in [0.1, 0.15) is 5.56 Å². The van der Waals surface area contributed by atoms with Gasteiger partial charge in [0.15, 0.2) is 5.58 Å². The summed E-state index contributed by atoms with van der Waals surface area (Å²) in [5.41, 5.74) is 8.15. The van der Waals surface area contributed by atoms with Gasteiger partial charge >= 0.3 is 0 Å².